The molecular weight excluding hydrogens is 402 g/mol. The van der Waals surface area contributed by atoms with Gasteiger partial charge < -0.3 is 10.6 Å². The average Bonchev–Trinajstić information content (AvgIpc) is 3.11. The first-order chi connectivity index (χ1) is 14.5. The van der Waals surface area contributed by atoms with Crippen LogP contribution >= 0.6 is 11.3 Å². The number of para-hydroxylation sites is 1. The Morgan fingerprint density at radius 2 is 1.83 bits per heavy atom. The van der Waals surface area contributed by atoms with Crippen molar-refractivity contribution in [3.05, 3.63) is 82.3 Å². The van der Waals surface area contributed by atoms with E-state index in [1.54, 1.807) is 24.3 Å². The molecule has 0 fully saturated rings. The Kier molecular flexibility index (Phi) is 5.36. The molecule has 0 saturated heterocycles. The lowest BCUT2D eigenvalue weighted by Gasteiger charge is -2.07. The molecule has 0 unspecified atom stereocenters. The van der Waals surface area contributed by atoms with E-state index in [4.69, 9.17) is 0 Å². The standard InChI is InChI=1S/C21H17N5O3S/c1-13-7-8-15-17(11-13)30-21(23-15)24-18(27)12-26-19(28)10-9-16(25-26)20(29)22-14-5-3-2-4-6-14/h2-11H,12H2,1H3,(H,22,29)(H,23,24,27). The highest BCUT2D eigenvalue weighted by Gasteiger charge is 2.13. The fraction of sp³-hybridized carbons (Fsp3) is 0.0952. The van der Waals surface area contributed by atoms with Gasteiger partial charge in [0.05, 0.1) is 10.2 Å². The van der Waals surface area contributed by atoms with E-state index >= 15 is 0 Å². The highest BCUT2D eigenvalue weighted by atomic mass is 32.1. The van der Waals surface area contributed by atoms with Gasteiger partial charge in [-0.05, 0) is 42.8 Å². The molecule has 9 heteroatoms. The van der Waals surface area contributed by atoms with Crippen molar-refractivity contribution in [3.8, 4) is 0 Å². The second-order valence-electron chi connectivity index (χ2n) is 6.57. The summed E-state index contributed by atoms with van der Waals surface area (Å²) in [5.41, 5.74) is 2.04. The lowest BCUT2D eigenvalue weighted by atomic mass is 10.2. The number of fused-ring (bicyclic) bond motifs is 1. The van der Waals surface area contributed by atoms with Crippen molar-refractivity contribution in [3.63, 3.8) is 0 Å². The topological polar surface area (TPSA) is 106 Å². The fourth-order valence-corrected chi connectivity index (χ4v) is 3.76. The van der Waals surface area contributed by atoms with Crippen molar-refractivity contribution in [2.45, 2.75) is 13.5 Å². The number of aromatic nitrogens is 3. The normalized spacial score (nSPS) is 10.7. The molecule has 4 rings (SSSR count). The molecule has 0 aliphatic carbocycles. The molecule has 0 aliphatic heterocycles. The summed E-state index contributed by atoms with van der Waals surface area (Å²) < 4.78 is 1.91. The number of nitrogens with zero attached hydrogens (tertiary/aromatic N) is 3. The molecule has 4 aromatic rings. The summed E-state index contributed by atoms with van der Waals surface area (Å²) in [5, 5.41) is 9.83. The average molecular weight is 419 g/mol. The maximum atomic E-state index is 12.4. The third kappa shape index (κ3) is 4.41. The van der Waals surface area contributed by atoms with Crippen LogP contribution in [0.4, 0.5) is 10.8 Å². The molecule has 150 valence electrons. The van der Waals surface area contributed by atoms with E-state index in [0.717, 1.165) is 20.5 Å². The monoisotopic (exact) mass is 419 g/mol. The smallest absolute Gasteiger partial charge is 0.276 e. The summed E-state index contributed by atoms with van der Waals surface area (Å²) in [6, 6.07) is 17.2. The maximum absolute atomic E-state index is 12.4. The zero-order chi connectivity index (χ0) is 21.1. The summed E-state index contributed by atoms with van der Waals surface area (Å²) in [6.45, 7) is 1.65. The summed E-state index contributed by atoms with van der Waals surface area (Å²) >= 11 is 1.35. The minimum Gasteiger partial charge on any atom is -0.321 e. The predicted molar refractivity (Wildman–Crippen MR) is 116 cm³/mol. The van der Waals surface area contributed by atoms with Gasteiger partial charge in [0.25, 0.3) is 11.5 Å². The van der Waals surface area contributed by atoms with Crippen LogP contribution in [0.15, 0.2) is 65.5 Å². The van der Waals surface area contributed by atoms with E-state index in [-0.39, 0.29) is 12.2 Å². The Morgan fingerprint density at radius 3 is 2.63 bits per heavy atom. The van der Waals surface area contributed by atoms with Crippen LogP contribution in [0.2, 0.25) is 0 Å². The number of carbonyl (C=O) groups excluding carboxylic acids is 2. The molecule has 0 atom stereocenters. The molecular formula is C21H17N5O3S. The van der Waals surface area contributed by atoms with Crippen molar-refractivity contribution >= 4 is 44.2 Å². The molecule has 2 N–H and O–H groups in total. The van der Waals surface area contributed by atoms with Gasteiger partial charge in [-0.2, -0.15) is 5.10 Å². The fourth-order valence-electron chi connectivity index (χ4n) is 2.78. The van der Waals surface area contributed by atoms with Gasteiger partial charge in [0, 0.05) is 11.8 Å². The van der Waals surface area contributed by atoms with Crippen LogP contribution in [0.25, 0.3) is 10.2 Å². The number of aryl methyl sites for hydroxylation is 1. The SMILES string of the molecule is Cc1ccc2nc(NC(=O)Cn3nc(C(=O)Nc4ccccc4)ccc3=O)sc2c1. The molecule has 0 spiro atoms. The van der Waals surface area contributed by atoms with Crippen molar-refractivity contribution in [2.24, 2.45) is 0 Å². The van der Waals surface area contributed by atoms with E-state index in [0.29, 0.717) is 10.8 Å². The second kappa shape index (κ2) is 8.26. The molecule has 0 radical (unpaired) electrons. The Balaban J connectivity index is 1.47. The number of nitrogens with one attached hydrogen (secondary N) is 2. The zero-order valence-electron chi connectivity index (χ0n) is 16.0. The van der Waals surface area contributed by atoms with Crippen LogP contribution in [0.1, 0.15) is 16.1 Å². The second-order valence-corrected chi connectivity index (χ2v) is 7.60. The number of anilines is 2. The van der Waals surface area contributed by atoms with Crippen LogP contribution < -0.4 is 16.2 Å². The third-order valence-electron chi connectivity index (χ3n) is 4.21. The third-order valence-corrected chi connectivity index (χ3v) is 5.15. The van der Waals surface area contributed by atoms with Crippen molar-refractivity contribution in [2.75, 3.05) is 10.6 Å². The van der Waals surface area contributed by atoms with Crippen LogP contribution in [0.5, 0.6) is 0 Å². The minimum atomic E-state index is -0.485. The first-order valence-electron chi connectivity index (χ1n) is 9.09. The quantitative estimate of drug-likeness (QED) is 0.517. The molecule has 2 aromatic heterocycles. The van der Waals surface area contributed by atoms with Crippen molar-refractivity contribution < 1.29 is 9.59 Å². The molecule has 2 heterocycles. The van der Waals surface area contributed by atoms with Gasteiger partial charge >= 0.3 is 0 Å². The van der Waals surface area contributed by atoms with E-state index < -0.39 is 17.4 Å². The first-order valence-corrected chi connectivity index (χ1v) is 9.91. The molecule has 2 amide bonds. The Hall–Kier alpha value is -3.85. The highest BCUT2D eigenvalue weighted by molar-refractivity contribution is 7.22. The number of hydrogen-bond acceptors (Lipinski definition) is 6. The van der Waals surface area contributed by atoms with Crippen LogP contribution in [-0.2, 0) is 11.3 Å². The number of amides is 2. The number of rotatable bonds is 5. The van der Waals surface area contributed by atoms with Crippen LogP contribution in [0.3, 0.4) is 0 Å². The van der Waals surface area contributed by atoms with E-state index in [1.807, 2.05) is 31.2 Å². The Labute approximate surface area is 175 Å². The minimum absolute atomic E-state index is 0.0294. The number of benzene rings is 2. The van der Waals surface area contributed by atoms with Gasteiger partial charge in [-0.1, -0.05) is 35.6 Å². The lowest BCUT2D eigenvalue weighted by Crippen LogP contribution is -2.31. The summed E-state index contributed by atoms with van der Waals surface area (Å²) in [4.78, 5) is 41.2. The molecule has 0 aliphatic rings. The van der Waals surface area contributed by atoms with Gasteiger partial charge in [0.1, 0.15) is 12.2 Å². The molecule has 8 nitrogen and oxygen atoms in total. The summed E-state index contributed by atoms with van der Waals surface area (Å²) in [6.07, 6.45) is 0. The van der Waals surface area contributed by atoms with Crippen LogP contribution in [0, 0.1) is 6.92 Å². The molecule has 2 aromatic carbocycles. The van der Waals surface area contributed by atoms with Gasteiger partial charge in [-0.15, -0.1) is 0 Å². The van der Waals surface area contributed by atoms with E-state index in [9.17, 15) is 14.4 Å². The largest absolute Gasteiger partial charge is 0.321 e. The lowest BCUT2D eigenvalue weighted by molar-refractivity contribution is -0.117. The zero-order valence-corrected chi connectivity index (χ0v) is 16.8. The molecule has 30 heavy (non-hydrogen) atoms. The Bertz CT molecular complexity index is 1300. The van der Waals surface area contributed by atoms with Gasteiger partial charge in [-0.3, -0.25) is 14.4 Å². The number of thiazole rings is 1. The number of carbonyl (C=O) groups is 2. The van der Waals surface area contributed by atoms with Crippen LogP contribution in [-0.4, -0.2) is 26.6 Å². The van der Waals surface area contributed by atoms with Gasteiger partial charge in [0.2, 0.25) is 5.91 Å². The Morgan fingerprint density at radius 1 is 1.03 bits per heavy atom. The van der Waals surface area contributed by atoms with E-state index in [1.165, 1.54) is 23.5 Å². The first kappa shape index (κ1) is 19.5. The maximum Gasteiger partial charge on any atom is 0.276 e. The van der Waals surface area contributed by atoms with Gasteiger partial charge in [-0.25, -0.2) is 9.67 Å². The van der Waals surface area contributed by atoms with E-state index in [2.05, 4.69) is 20.7 Å². The summed E-state index contributed by atoms with van der Waals surface area (Å²) in [5.74, 6) is -0.933. The molecule has 0 bridgehead atoms. The van der Waals surface area contributed by atoms with Crippen molar-refractivity contribution in [1.29, 1.82) is 0 Å². The number of hydrogen-bond donors (Lipinski definition) is 2. The summed E-state index contributed by atoms with van der Waals surface area (Å²) in [7, 11) is 0. The van der Waals surface area contributed by atoms with Crippen molar-refractivity contribution in [1.82, 2.24) is 14.8 Å². The predicted octanol–water partition coefficient (Wildman–Crippen LogP) is 3.05. The molecule has 0 saturated carbocycles. The highest BCUT2D eigenvalue weighted by Crippen LogP contribution is 2.26. The van der Waals surface area contributed by atoms with Gasteiger partial charge in [0.15, 0.2) is 5.13 Å².